The molecule has 0 bridgehead atoms. The highest BCUT2D eigenvalue weighted by Gasteiger charge is 2.02. The number of benzene rings is 2. The van der Waals surface area contributed by atoms with Crippen molar-refractivity contribution in [3.8, 4) is 5.75 Å². The molecular weight excluding hydrogens is 291 g/mol. The Morgan fingerprint density at radius 2 is 1.76 bits per heavy atom. The molecule has 0 atom stereocenters. The van der Waals surface area contributed by atoms with E-state index in [1.165, 1.54) is 24.3 Å². The van der Waals surface area contributed by atoms with Crippen molar-refractivity contribution in [1.29, 1.82) is 0 Å². The maximum atomic E-state index is 12.7. The van der Waals surface area contributed by atoms with Gasteiger partial charge in [-0.3, -0.25) is 0 Å². The zero-order valence-electron chi connectivity index (χ0n) is 11.3. The third kappa shape index (κ3) is 5.11. The molecule has 0 aliphatic rings. The van der Waals surface area contributed by atoms with Crippen LogP contribution in [0.3, 0.4) is 0 Å². The van der Waals surface area contributed by atoms with Crippen LogP contribution in [0.2, 0.25) is 0 Å². The lowest BCUT2D eigenvalue weighted by molar-refractivity contribution is 0.0697. The van der Waals surface area contributed by atoms with E-state index < -0.39 is 5.97 Å². The number of halogens is 1. The van der Waals surface area contributed by atoms with Gasteiger partial charge in [0.2, 0.25) is 0 Å². The minimum Gasteiger partial charge on any atom is -0.494 e. The molecule has 0 radical (unpaired) electrons. The summed E-state index contributed by atoms with van der Waals surface area (Å²) >= 11 is 1.65. The van der Waals surface area contributed by atoms with E-state index >= 15 is 0 Å². The second kappa shape index (κ2) is 7.69. The molecule has 0 saturated carbocycles. The van der Waals surface area contributed by atoms with Crippen molar-refractivity contribution in [2.24, 2.45) is 0 Å². The summed E-state index contributed by atoms with van der Waals surface area (Å²) in [7, 11) is 0. The summed E-state index contributed by atoms with van der Waals surface area (Å²) in [5, 5.41) is 8.78. The second-order valence-electron chi connectivity index (χ2n) is 4.33. The number of hydrogen-bond donors (Lipinski definition) is 1. The molecule has 0 fully saturated rings. The van der Waals surface area contributed by atoms with Gasteiger partial charge in [-0.25, -0.2) is 9.18 Å². The number of thioether (sulfide) groups is 1. The Hall–Kier alpha value is -2.01. The number of carbonyl (C=O) groups is 1. The first-order valence-corrected chi connectivity index (χ1v) is 7.48. The van der Waals surface area contributed by atoms with E-state index in [2.05, 4.69) is 0 Å². The first kappa shape index (κ1) is 15.4. The topological polar surface area (TPSA) is 46.5 Å². The normalized spacial score (nSPS) is 10.3. The SMILES string of the molecule is O=C(O)c1ccc(OCCCSc2ccc(F)cc2)cc1. The lowest BCUT2D eigenvalue weighted by atomic mass is 10.2. The molecule has 3 nitrogen and oxygen atoms in total. The smallest absolute Gasteiger partial charge is 0.335 e. The zero-order chi connectivity index (χ0) is 15.1. The zero-order valence-corrected chi connectivity index (χ0v) is 12.1. The lowest BCUT2D eigenvalue weighted by Gasteiger charge is -2.06. The van der Waals surface area contributed by atoms with Gasteiger partial charge in [0, 0.05) is 10.6 Å². The largest absolute Gasteiger partial charge is 0.494 e. The van der Waals surface area contributed by atoms with Gasteiger partial charge in [-0.05, 0) is 55.0 Å². The fraction of sp³-hybridized carbons (Fsp3) is 0.188. The van der Waals surface area contributed by atoms with Crippen LogP contribution in [0.15, 0.2) is 53.4 Å². The lowest BCUT2D eigenvalue weighted by Crippen LogP contribution is -2.00. The Balaban J connectivity index is 1.67. The quantitative estimate of drug-likeness (QED) is 0.618. The van der Waals surface area contributed by atoms with E-state index in [1.54, 1.807) is 36.0 Å². The molecule has 2 aromatic carbocycles. The Bertz CT molecular complexity index is 581. The number of carboxylic acids is 1. The molecule has 1 N–H and O–H groups in total. The summed E-state index contributed by atoms with van der Waals surface area (Å²) in [5.41, 5.74) is 0.245. The number of ether oxygens (including phenoxy) is 1. The van der Waals surface area contributed by atoms with Crippen LogP contribution in [0.5, 0.6) is 5.75 Å². The van der Waals surface area contributed by atoms with Crippen LogP contribution in [0, 0.1) is 5.82 Å². The molecule has 0 aromatic heterocycles. The molecule has 0 amide bonds. The van der Waals surface area contributed by atoms with Gasteiger partial charge in [0.25, 0.3) is 0 Å². The Kier molecular flexibility index (Phi) is 5.63. The molecule has 5 heteroatoms. The minimum atomic E-state index is -0.947. The highest BCUT2D eigenvalue weighted by atomic mass is 32.2. The summed E-state index contributed by atoms with van der Waals surface area (Å²) in [5.74, 6) is 0.357. The molecule has 0 heterocycles. The van der Waals surface area contributed by atoms with Crippen molar-refractivity contribution in [3.05, 3.63) is 59.9 Å². The molecule has 0 saturated heterocycles. The Morgan fingerprint density at radius 3 is 2.38 bits per heavy atom. The molecule has 0 aliphatic heterocycles. The van der Waals surface area contributed by atoms with E-state index in [9.17, 15) is 9.18 Å². The summed E-state index contributed by atoms with van der Waals surface area (Å²) in [6.07, 6.45) is 0.850. The maximum absolute atomic E-state index is 12.7. The van der Waals surface area contributed by atoms with E-state index in [0.717, 1.165) is 17.1 Å². The fourth-order valence-corrected chi connectivity index (χ4v) is 2.49. The molecular formula is C16H15FO3S. The fourth-order valence-electron chi connectivity index (χ4n) is 1.66. The number of rotatable bonds is 7. The van der Waals surface area contributed by atoms with Crippen LogP contribution in [0.25, 0.3) is 0 Å². The van der Waals surface area contributed by atoms with Gasteiger partial charge < -0.3 is 9.84 Å². The predicted molar refractivity (Wildman–Crippen MR) is 80.6 cm³/mol. The Labute approximate surface area is 126 Å². The van der Waals surface area contributed by atoms with Crippen LogP contribution in [-0.4, -0.2) is 23.4 Å². The van der Waals surface area contributed by atoms with Crippen molar-refractivity contribution in [3.63, 3.8) is 0 Å². The van der Waals surface area contributed by atoms with E-state index in [-0.39, 0.29) is 11.4 Å². The highest BCUT2D eigenvalue weighted by Crippen LogP contribution is 2.19. The second-order valence-corrected chi connectivity index (χ2v) is 5.50. The highest BCUT2D eigenvalue weighted by molar-refractivity contribution is 7.99. The van der Waals surface area contributed by atoms with Gasteiger partial charge in [-0.15, -0.1) is 11.8 Å². The van der Waals surface area contributed by atoms with Crippen LogP contribution < -0.4 is 4.74 Å². The van der Waals surface area contributed by atoms with Crippen molar-refractivity contribution >= 4 is 17.7 Å². The average molecular weight is 306 g/mol. The predicted octanol–water partition coefficient (Wildman–Crippen LogP) is 4.09. The van der Waals surface area contributed by atoms with Gasteiger partial charge in [0.05, 0.1) is 12.2 Å². The first-order chi connectivity index (χ1) is 10.1. The van der Waals surface area contributed by atoms with Gasteiger partial charge in [0.1, 0.15) is 11.6 Å². The van der Waals surface area contributed by atoms with Crippen LogP contribution >= 0.6 is 11.8 Å². The molecule has 2 rings (SSSR count). The molecule has 0 unspecified atom stereocenters. The molecule has 0 spiro atoms. The summed E-state index contributed by atoms with van der Waals surface area (Å²) in [6, 6.07) is 12.7. The van der Waals surface area contributed by atoms with E-state index in [4.69, 9.17) is 9.84 Å². The molecule has 110 valence electrons. The van der Waals surface area contributed by atoms with Crippen molar-refractivity contribution < 1.29 is 19.0 Å². The van der Waals surface area contributed by atoms with Crippen LogP contribution in [0.1, 0.15) is 16.8 Å². The van der Waals surface area contributed by atoms with Crippen LogP contribution in [0.4, 0.5) is 4.39 Å². The first-order valence-electron chi connectivity index (χ1n) is 6.50. The van der Waals surface area contributed by atoms with Gasteiger partial charge in [0.15, 0.2) is 0 Å². The summed E-state index contributed by atoms with van der Waals surface area (Å²) in [6.45, 7) is 0.556. The van der Waals surface area contributed by atoms with Crippen molar-refractivity contribution in [2.45, 2.75) is 11.3 Å². The van der Waals surface area contributed by atoms with E-state index in [0.29, 0.717) is 12.4 Å². The summed E-state index contributed by atoms with van der Waals surface area (Å²) in [4.78, 5) is 11.7. The number of aromatic carboxylic acids is 1. The number of carboxylic acid groups (broad SMARTS) is 1. The standard InChI is InChI=1S/C16H15FO3S/c17-13-4-8-15(9-5-13)21-11-1-10-20-14-6-2-12(3-7-14)16(18)19/h2-9H,1,10-11H2,(H,18,19). The van der Waals surface area contributed by atoms with Gasteiger partial charge in [-0.1, -0.05) is 0 Å². The molecule has 2 aromatic rings. The van der Waals surface area contributed by atoms with E-state index in [1.807, 2.05) is 0 Å². The minimum absolute atomic E-state index is 0.229. The van der Waals surface area contributed by atoms with Gasteiger partial charge >= 0.3 is 5.97 Å². The Morgan fingerprint density at radius 1 is 1.10 bits per heavy atom. The van der Waals surface area contributed by atoms with Crippen LogP contribution in [-0.2, 0) is 0 Å². The van der Waals surface area contributed by atoms with Gasteiger partial charge in [-0.2, -0.15) is 0 Å². The summed E-state index contributed by atoms with van der Waals surface area (Å²) < 4.78 is 18.3. The number of hydrogen-bond acceptors (Lipinski definition) is 3. The third-order valence-corrected chi connectivity index (χ3v) is 3.84. The monoisotopic (exact) mass is 306 g/mol. The van der Waals surface area contributed by atoms with Crippen molar-refractivity contribution in [1.82, 2.24) is 0 Å². The molecule has 0 aliphatic carbocycles. The molecule has 21 heavy (non-hydrogen) atoms. The average Bonchev–Trinajstić information content (AvgIpc) is 2.49. The maximum Gasteiger partial charge on any atom is 0.335 e. The third-order valence-electron chi connectivity index (χ3n) is 2.74. The van der Waals surface area contributed by atoms with Crippen molar-refractivity contribution in [2.75, 3.05) is 12.4 Å².